The fraction of sp³-hybridized carbons (Fsp3) is 0.231. The molecule has 88 valence electrons. The molecule has 1 aromatic heterocycles. The summed E-state index contributed by atoms with van der Waals surface area (Å²) >= 11 is 0. The lowest BCUT2D eigenvalue weighted by molar-refractivity contribution is 0.0374. The fourth-order valence-electron chi connectivity index (χ4n) is 1.50. The summed E-state index contributed by atoms with van der Waals surface area (Å²) in [6, 6.07) is 6.77. The van der Waals surface area contributed by atoms with Crippen LogP contribution in [-0.4, -0.2) is 12.1 Å². The molecule has 2 aromatic rings. The number of rotatable bonds is 2. The number of ether oxygens (including phenoxy) is 1. The van der Waals surface area contributed by atoms with E-state index in [-0.39, 0.29) is 17.1 Å². The number of fused-ring (bicyclic) bond motifs is 1. The number of hydrogen-bond donors (Lipinski definition) is 0. The van der Waals surface area contributed by atoms with Gasteiger partial charge in [-0.1, -0.05) is 12.1 Å². The van der Waals surface area contributed by atoms with Crippen molar-refractivity contribution in [2.45, 2.75) is 20.0 Å². The number of carbonyl (C=O) groups is 1. The Bertz CT molecular complexity index is 610. The number of para-hydroxylation sites is 1. The van der Waals surface area contributed by atoms with Gasteiger partial charge in [-0.25, -0.2) is 4.79 Å². The third-order valence-corrected chi connectivity index (χ3v) is 2.24. The molecule has 17 heavy (non-hydrogen) atoms. The van der Waals surface area contributed by atoms with Gasteiger partial charge in [-0.3, -0.25) is 4.79 Å². The van der Waals surface area contributed by atoms with Crippen LogP contribution in [0.4, 0.5) is 0 Å². The minimum atomic E-state index is -0.653. The topological polar surface area (TPSA) is 56.5 Å². The molecule has 0 spiro atoms. The minimum Gasteiger partial charge on any atom is -0.463 e. The molecule has 0 bridgehead atoms. The number of hydrogen-bond acceptors (Lipinski definition) is 4. The normalized spacial score (nSPS) is 10.8. The van der Waals surface area contributed by atoms with Crippen molar-refractivity contribution >= 4 is 16.9 Å². The van der Waals surface area contributed by atoms with Crippen molar-refractivity contribution in [1.82, 2.24) is 0 Å². The zero-order chi connectivity index (χ0) is 12.4. The second kappa shape index (κ2) is 4.41. The van der Waals surface area contributed by atoms with Crippen molar-refractivity contribution in [3.63, 3.8) is 0 Å². The zero-order valence-corrected chi connectivity index (χ0v) is 9.60. The fourth-order valence-corrected chi connectivity index (χ4v) is 1.50. The molecule has 0 N–H and O–H groups in total. The SMILES string of the molecule is CC(C)OC(=O)c1coc2ccccc2c1=O. The molecule has 0 saturated carbocycles. The van der Waals surface area contributed by atoms with Gasteiger partial charge >= 0.3 is 5.97 Å². The van der Waals surface area contributed by atoms with E-state index in [1.54, 1.807) is 38.1 Å². The third kappa shape index (κ3) is 2.20. The van der Waals surface area contributed by atoms with E-state index in [1.807, 2.05) is 0 Å². The molecule has 0 radical (unpaired) electrons. The molecule has 0 unspecified atom stereocenters. The van der Waals surface area contributed by atoms with Crippen molar-refractivity contribution in [1.29, 1.82) is 0 Å². The Labute approximate surface area is 97.8 Å². The summed E-state index contributed by atoms with van der Waals surface area (Å²) in [5, 5.41) is 0.380. The van der Waals surface area contributed by atoms with E-state index in [0.717, 1.165) is 6.26 Å². The minimum absolute atomic E-state index is 0.0719. The smallest absolute Gasteiger partial charge is 0.345 e. The Morgan fingerprint density at radius 1 is 1.29 bits per heavy atom. The maximum atomic E-state index is 12.0. The molecule has 4 nitrogen and oxygen atoms in total. The maximum absolute atomic E-state index is 12.0. The molecule has 4 heteroatoms. The first kappa shape index (κ1) is 11.4. The lowest BCUT2D eigenvalue weighted by atomic mass is 10.2. The standard InChI is InChI=1S/C13H12O4/c1-8(2)17-13(15)10-7-16-11-6-4-3-5-9(11)12(10)14/h3-8H,1-2H3. The van der Waals surface area contributed by atoms with Crippen molar-refractivity contribution in [2.75, 3.05) is 0 Å². The van der Waals surface area contributed by atoms with Gasteiger partial charge in [0.1, 0.15) is 17.4 Å². The maximum Gasteiger partial charge on any atom is 0.345 e. The molecule has 2 rings (SSSR count). The van der Waals surface area contributed by atoms with Crippen LogP contribution in [0.25, 0.3) is 11.0 Å². The first-order valence-electron chi connectivity index (χ1n) is 5.31. The largest absolute Gasteiger partial charge is 0.463 e. The summed E-state index contributed by atoms with van der Waals surface area (Å²) in [7, 11) is 0. The predicted octanol–water partition coefficient (Wildman–Crippen LogP) is 2.36. The first-order valence-corrected chi connectivity index (χ1v) is 5.31. The molecule has 0 saturated heterocycles. The average Bonchev–Trinajstić information content (AvgIpc) is 2.28. The van der Waals surface area contributed by atoms with E-state index < -0.39 is 5.97 Å². The molecule has 1 heterocycles. The van der Waals surface area contributed by atoms with E-state index in [4.69, 9.17) is 9.15 Å². The Balaban J connectivity index is 2.53. The van der Waals surface area contributed by atoms with Crippen molar-refractivity contribution < 1.29 is 13.9 Å². The summed E-state index contributed by atoms with van der Waals surface area (Å²) in [4.78, 5) is 23.6. The van der Waals surface area contributed by atoms with E-state index >= 15 is 0 Å². The lowest BCUT2D eigenvalue weighted by Crippen LogP contribution is -2.19. The molecular weight excluding hydrogens is 220 g/mol. The Morgan fingerprint density at radius 2 is 2.00 bits per heavy atom. The van der Waals surface area contributed by atoms with E-state index in [0.29, 0.717) is 11.0 Å². The Hall–Kier alpha value is -2.10. The predicted molar refractivity (Wildman–Crippen MR) is 63.0 cm³/mol. The van der Waals surface area contributed by atoms with Gasteiger partial charge in [-0.05, 0) is 26.0 Å². The van der Waals surface area contributed by atoms with E-state index in [2.05, 4.69) is 0 Å². The van der Waals surface area contributed by atoms with Gasteiger partial charge in [0, 0.05) is 0 Å². The summed E-state index contributed by atoms with van der Waals surface area (Å²) < 4.78 is 10.2. The van der Waals surface area contributed by atoms with Gasteiger partial charge in [0.15, 0.2) is 0 Å². The highest BCUT2D eigenvalue weighted by atomic mass is 16.5. The monoisotopic (exact) mass is 232 g/mol. The molecular formula is C13H12O4. The molecule has 0 aliphatic rings. The van der Waals surface area contributed by atoms with Gasteiger partial charge in [0.25, 0.3) is 0 Å². The van der Waals surface area contributed by atoms with Gasteiger partial charge in [0.2, 0.25) is 5.43 Å². The quantitative estimate of drug-likeness (QED) is 0.746. The summed E-state index contributed by atoms with van der Waals surface area (Å²) in [5.74, 6) is -0.653. The average molecular weight is 232 g/mol. The van der Waals surface area contributed by atoms with Crippen LogP contribution < -0.4 is 5.43 Å². The molecule has 0 amide bonds. The van der Waals surface area contributed by atoms with Gasteiger partial charge in [-0.2, -0.15) is 0 Å². The lowest BCUT2D eigenvalue weighted by Gasteiger charge is -2.07. The first-order chi connectivity index (χ1) is 8.09. The van der Waals surface area contributed by atoms with Crippen LogP contribution >= 0.6 is 0 Å². The van der Waals surface area contributed by atoms with Crippen LogP contribution in [0.1, 0.15) is 24.2 Å². The van der Waals surface area contributed by atoms with Crippen LogP contribution in [0.3, 0.4) is 0 Å². The summed E-state index contributed by atoms with van der Waals surface area (Å²) in [6.07, 6.45) is 0.878. The van der Waals surface area contributed by atoms with Gasteiger partial charge in [-0.15, -0.1) is 0 Å². The van der Waals surface area contributed by atoms with Crippen LogP contribution in [0.5, 0.6) is 0 Å². The Kier molecular flexibility index (Phi) is 2.95. The molecule has 1 aromatic carbocycles. The van der Waals surface area contributed by atoms with Crippen molar-refractivity contribution in [3.8, 4) is 0 Å². The zero-order valence-electron chi connectivity index (χ0n) is 9.60. The number of carbonyl (C=O) groups excluding carboxylic acids is 1. The second-order valence-electron chi connectivity index (χ2n) is 3.93. The molecule has 0 fully saturated rings. The van der Waals surface area contributed by atoms with Crippen LogP contribution in [0.2, 0.25) is 0 Å². The number of benzene rings is 1. The molecule has 0 atom stereocenters. The molecule has 0 aliphatic carbocycles. The summed E-state index contributed by atoms with van der Waals surface area (Å²) in [6.45, 7) is 3.45. The second-order valence-corrected chi connectivity index (χ2v) is 3.93. The molecule has 0 aliphatic heterocycles. The third-order valence-electron chi connectivity index (χ3n) is 2.24. The Morgan fingerprint density at radius 3 is 2.71 bits per heavy atom. The van der Waals surface area contributed by atoms with Crippen LogP contribution in [-0.2, 0) is 4.74 Å². The van der Waals surface area contributed by atoms with Crippen molar-refractivity contribution in [3.05, 3.63) is 46.3 Å². The van der Waals surface area contributed by atoms with Crippen LogP contribution in [0.15, 0.2) is 39.7 Å². The highest BCUT2D eigenvalue weighted by molar-refractivity contribution is 5.92. The van der Waals surface area contributed by atoms with E-state index in [9.17, 15) is 9.59 Å². The van der Waals surface area contributed by atoms with Gasteiger partial charge in [0.05, 0.1) is 11.5 Å². The van der Waals surface area contributed by atoms with Crippen LogP contribution in [0, 0.1) is 0 Å². The highest BCUT2D eigenvalue weighted by Crippen LogP contribution is 2.11. The number of esters is 1. The van der Waals surface area contributed by atoms with E-state index in [1.165, 1.54) is 0 Å². The van der Waals surface area contributed by atoms with Crippen molar-refractivity contribution in [2.24, 2.45) is 0 Å². The highest BCUT2D eigenvalue weighted by Gasteiger charge is 2.16. The summed E-state index contributed by atoms with van der Waals surface area (Å²) in [5.41, 5.74) is 0.0218. The van der Waals surface area contributed by atoms with Gasteiger partial charge < -0.3 is 9.15 Å².